The van der Waals surface area contributed by atoms with Crippen LogP contribution in [0.15, 0.2) is 47.4 Å². The number of sulfonamides is 1. The van der Waals surface area contributed by atoms with Gasteiger partial charge in [-0.2, -0.15) is 4.31 Å². The van der Waals surface area contributed by atoms with Crippen LogP contribution in [0.1, 0.15) is 32.4 Å². The molecule has 0 amide bonds. The molecule has 0 aliphatic heterocycles. The number of nitro benzene ring substituents is 1. The fourth-order valence-corrected chi connectivity index (χ4v) is 4.47. The topological polar surface area (TPSA) is 83.8 Å². The Kier molecular flexibility index (Phi) is 6.73. The monoisotopic (exact) mass is 409 g/mol. The number of nitro groups is 1. The van der Waals surface area contributed by atoms with Crippen LogP contribution in [0.2, 0.25) is 0 Å². The third-order valence-corrected chi connectivity index (χ3v) is 6.85. The molecule has 2 aromatic carbocycles. The molecule has 0 aromatic heterocycles. The number of hydrogen-bond donors (Lipinski definition) is 0. The van der Waals surface area contributed by atoms with E-state index in [4.69, 9.17) is 0 Å². The molecular formula is C19H24FN3O4S. The first-order valence-corrected chi connectivity index (χ1v) is 10.3. The van der Waals surface area contributed by atoms with Crippen molar-refractivity contribution in [3.8, 4) is 0 Å². The quantitative estimate of drug-likeness (QED) is 0.487. The second-order valence-corrected chi connectivity index (χ2v) is 8.27. The normalized spacial score (nSPS) is 12.8. The molecule has 0 bridgehead atoms. The second-order valence-electron chi connectivity index (χ2n) is 6.34. The molecule has 7 nitrogen and oxygen atoms in total. The fraction of sp³-hybridized carbons (Fsp3) is 0.368. The van der Waals surface area contributed by atoms with Crippen molar-refractivity contribution in [1.29, 1.82) is 0 Å². The zero-order valence-electron chi connectivity index (χ0n) is 16.3. The van der Waals surface area contributed by atoms with Gasteiger partial charge in [0.1, 0.15) is 11.5 Å². The van der Waals surface area contributed by atoms with Crippen molar-refractivity contribution in [2.45, 2.75) is 31.7 Å². The average Bonchev–Trinajstić information content (AvgIpc) is 2.67. The molecule has 0 saturated carbocycles. The maximum absolute atomic E-state index is 13.2. The molecule has 0 radical (unpaired) electrons. The summed E-state index contributed by atoms with van der Waals surface area (Å²) in [7, 11) is -2.13. The van der Waals surface area contributed by atoms with Crippen LogP contribution in [0, 0.1) is 15.9 Å². The summed E-state index contributed by atoms with van der Waals surface area (Å²) in [6.07, 6.45) is 0. The van der Waals surface area contributed by atoms with E-state index in [1.165, 1.54) is 28.6 Å². The first-order valence-electron chi connectivity index (χ1n) is 8.90. The van der Waals surface area contributed by atoms with Crippen LogP contribution in [0.3, 0.4) is 0 Å². The van der Waals surface area contributed by atoms with Crippen molar-refractivity contribution in [3.05, 3.63) is 64.0 Å². The second kappa shape index (κ2) is 8.66. The van der Waals surface area contributed by atoms with Gasteiger partial charge in [-0.1, -0.05) is 26.0 Å². The lowest BCUT2D eigenvalue weighted by atomic mass is 10.1. The summed E-state index contributed by atoms with van der Waals surface area (Å²) in [6.45, 7) is 5.80. The highest BCUT2D eigenvalue weighted by molar-refractivity contribution is 7.89. The summed E-state index contributed by atoms with van der Waals surface area (Å²) in [4.78, 5) is 12.6. The molecule has 0 fully saturated rings. The highest BCUT2D eigenvalue weighted by Crippen LogP contribution is 2.35. The number of anilines is 1. The van der Waals surface area contributed by atoms with E-state index in [0.29, 0.717) is 0 Å². The van der Waals surface area contributed by atoms with Crippen LogP contribution in [0.5, 0.6) is 0 Å². The van der Waals surface area contributed by atoms with Crippen molar-refractivity contribution in [2.24, 2.45) is 0 Å². The number of hydrogen-bond acceptors (Lipinski definition) is 5. The Morgan fingerprint density at radius 3 is 2.18 bits per heavy atom. The molecule has 1 unspecified atom stereocenters. The van der Waals surface area contributed by atoms with E-state index >= 15 is 0 Å². The smallest absolute Gasteiger partial charge is 0.293 e. The number of nitrogens with zero attached hydrogens (tertiary/aromatic N) is 3. The largest absolute Gasteiger partial charge is 0.362 e. The minimum absolute atomic E-state index is 0.116. The summed E-state index contributed by atoms with van der Waals surface area (Å²) < 4.78 is 39.8. The van der Waals surface area contributed by atoms with Gasteiger partial charge in [0.2, 0.25) is 10.0 Å². The highest BCUT2D eigenvalue weighted by atomic mass is 32.2. The van der Waals surface area contributed by atoms with Gasteiger partial charge in [-0.3, -0.25) is 10.1 Å². The van der Waals surface area contributed by atoms with Gasteiger partial charge in [-0.05, 0) is 36.8 Å². The van der Waals surface area contributed by atoms with Gasteiger partial charge in [-0.15, -0.1) is 0 Å². The lowest BCUT2D eigenvalue weighted by Gasteiger charge is -2.27. The molecule has 1 atom stereocenters. The van der Waals surface area contributed by atoms with Crippen LogP contribution in [-0.2, 0) is 10.0 Å². The van der Waals surface area contributed by atoms with Crippen molar-refractivity contribution in [3.63, 3.8) is 0 Å². The Balaban J connectivity index is 2.48. The molecule has 0 aliphatic rings. The fourth-order valence-electron chi connectivity index (χ4n) is 2.99. The molecule has 9 heteroatoms. The van der Waals surface area contributed by atoms with Gasteiger partial charge in [0.05, 0.1) is 15.9 Å². The molecular weight excluding hydrogens is 385 g/mol. The highest BCUT2D eigenvalue weighted by Gasteiger charge is 2.28. The predicted molar refractivity (Wildman–Crippen MR) is 106 cm³/mol. The number of benzene rings is 2. The number of halogens is 1. The molecule has 2 aromatic rings. The lowest BCUT2D eigenvalue weighted by Crippen LogP contribution is -2.30. The first-order chi connectivity index (χ1) is 13.1. The van der Waals surface area contributed by atoms with E-state index in [9.17, 15) is 22.9 Å². The van der Waals surface area contributed by atoms with Crippen molar-refractivity contribution < 1.29 is 17.7 Å². The first kappa shape index (κ1) is 21.8. The molecule has 0 spiro atoms. The Morgan fingerprint density at radius 2 is 1.68 bits per heavy atom. The van der Waals surface area contributed by atoms with E-state index in [1.807, 2.05) is 6.92 Å². The van der Waals surface area contributed by atoms with Gasteiger partial charge < -0.3 is 4.90 Å². The Labute approximate surface area is 164 Å². The van der Waals surface area contributed by atoms with E-state index < -0.39 is 14.9 Å². The number of rotatable bonds is 8. The van der Waals surface area contributed by atoms with E-state index in [2.05, 4.69) is 0 Å². The third kappa shape index (κ3) is 4.31. The van der Waals surface area contributed by atoms with Crippen molar-refractivity contribution in [2.75, 3.05) is 25.0 Å². The van der Waals surface area contributed by atoms with Crippen LogP contribution in [0.4, 0.5) is 15.8 Å². The van der Waals surface area contributed by atoms with E-state index in [-0.39, 0.29) is 41.2 Å². The molecule has 28 heavy (non-hydrogen) atoms. The molecule has 152 valence electrons. The van der Waals surface area contributed by atoms with E-state index in [1.54, 1.807) is 37.9 Å². The molecule has 0 saturated heterocycles. The zero-order chi connectivity index (χ0) is 21.1. The molecule has 0 N–H and O–H groups in total. The van der Waals surface area contributed by atoms with Gasteiger partial charge in [-0.25, -0.2) is 12.8 Å². The summed E-state index contributed by atoms with van der Waals surface area (Å²) in [5, 5.41) is 11.6. The Bertz CT molecular complexity index is 944. The van der Waals surface area contributed by atoms with Crippen molar-refractivity contribution in [1.82, 2.24) is 4.31 Å². The molecule has 0 heterocycles. The minimum atomic E-state index is -3.81. The standard InChI is InChI=1S/C19H24FN3O4S/c1-5-22(6-2)28(26,27)17-11-12-18(19(13-17)23(24)25)21(4)14(3)15-7-9-16(20)10-8-15/h7-14H,5-6H2,1-4H3. The lowest BCUT2D eigenvalue weighted by molar-refractivity contribution is -0.384. The minimum Gasteiger partial charge on any atom is -0.362 e. The maximum Gasteiger partial charge on any atom is 0.293 e. The van der Waals surface area contributed by atoms with Crippen LogP contribution < -0.4 is 4.90 Å². The van der Waals surface area contributed by atoms with Gasteiger partial charge in [0.25, 0.3) is 5.69 Å². The summed E-state index contributed by atoms with van der Waals surface area (Å²) in [5.41, 5.74) is 0.753. The van der Waals surface area contributed by atoms with Gasteiger partial charge >= 0.3 is 0 Å². The average molecular weight is 409 g/mol. The van der Waals surface area contributed by atoms with Gasteiger partial charge in [0.15, 0.2) is 0 Å². The summed E-state index contributed by atoms with van der Waals surface area (Å²) >= 11 is 0. The summed E-state index contributed by atoms with van der Waals surface area (Å²) in [6, 6.07) is 9.50. The SMILES string of the molecule is CCN(CC)S(=O)(=O)c1ccc(N(C)C(C)c2ccc(F)cc2)c([N+](=O)[O-])c1. The third-order valence-electron chi connectivity index (χ3n) is 4.80. The molecule has 2 rings (SSSR count). The van der Waals surface area contributed by atoms with Crippen LogP contribution in [0.25, 0.3) is 0 Å². The maximum atomic E-state index is 13.2. The van der Waals surface area contributed by atoms with E-state index in [0.717, 1.165) is 11.6 Å². The Hall–Kier alpha value is -2.52. The van der Waals surface area contributed by atoms with Gasteiger partial charge in [0, 0.05) is 26.2 Å². The predicted octanol–water partition coefficient (Wildman–Crippen LogP) is 3.96. The summed E-state index contributed by atoms with van der Waals surface area (Å²) in [5.74, 6) is -0.365. The molecule has 0 aliphatic carbocycles. The van der Waals surface area contributed by atoms with Crippen LogP contribution >= 0.6 is 0 Å². The van der Waals surface area contributed by atoms with Crippen LogP contribution in [-0.4, -0.2) is 37.8 Å². The zero-order valence-corrected chi connectivity index (χ0v) is 17.1. The van der Waals surface area contributed by atoms with Crippen molar-refractivity contribution >= 4 is 21.4 Å². The Morgan fingerprint density at radius 1 is 1.11 bits per heavy atom.